The van der Waals surface area contributed by atoms with Crippen molar-refractivity contribution in [3.63, 3.8) is 0 Å². The molecular weight excluding hydrogens is 304 g/mol. The number of rotatable bonds is 5. The minimum Gasteiger partial charge on any atom is -0.448 e. The summed E-state index contributed by atoms with van der Waals surface area (Å²) in [6.07, 6.45) is 2.62. The maximum Gasteiger partial charge on any atom is 0.413 e. The van der Waals surface area contributed by atoms with Gasteiger partial charge in [0.2, 0.25) is 5.91 Å². The summed E-state index contributed by atoms with van der Waals surface area (Å²) in [6.45, 7) is 0.162. The number of carbonyl (C=O) groups excluding carboxylic acids is 2. The molecule has 0 spiro atoms. The van der Waals surface area contributed by atoms with Crippen molar-refractivity contribution in [3.8, 4) is 0 Å². The van der Waals surface area contributed by atoms with Crippen molar-refractivity contribution in [1.29, 1.82) is 0 Å². The molecule has 7 nitrogen and oxygen atoms in total. The van der Waals surface area contributed by atoms with E-state index in [9.17, 15) is 9.59 Å². The molecule has 9 heteroatoms. The fourth-order valence-corrected chi connectivity index (χ4v) is 2.09. The first kappa shape index (κ1) is 14.6. The van der Waals surface area contributed by atoms with Crippen LogP contribution in [0.1, 0.15) is 0 Å². The summed E-state index contributed by atoms with van der Waals surface area (Å²) in [5.74, 6) is -0.342. The van der Waals surface area contributed by atoms with Gasteiger partial charge in [0.1, 0.15) is 17.5 Å². The summed E-state index contributed by atoms with van der Waals surface area (Å²) in [6, 6.07) is 3.69. The third-order valence-corrected chi connectivity index (χ3v) is 3.29. The summed E-state index contributed by atoms with van der Waals surface area (Å²) in [5.41, 5.74) is 0.768. The van der Waals surface area contributed by atoms with Crippen LogP contribution < -0.4 is 5.32 Å². The first-order valence-electron chi connectivity index (χ1n) is 5.65. The fraction of sp³-hybridized carbons (Fsp3) is 0.273. The molecule has 0 saturated heterocycles. The third kappa shape index (κ3) is 4.10. The lowest BCUT2D eigenvalue weighted by molar-refractivity contribution is -0.118. The molecule has 2 amide bonds. The van der Waals surface area contributed by atoms with Crippen molar-refractivity contribution in [1.82, 2.24) is 19.9 Å². The van der Waals surface area contributed by atoms with Crippen LogP contribution in [0, 0.1) is 0 Å². The third-order valence-electron chi connectivity index (χ3n) is 2.16. The van der Waals surface area contributed by atoms with E-state index in [4.69, 9.17) is 16.3 Å². The zero-order valence-electron chi connectivity index (χ0n) is 10.3. The normalized spacial score (nSPS) is 10.4. The molecule has 0 aromatic carbocycles. The average Bonchev–Trinajstić information content (AvgIpc) is 2.91. The van der Waals surface area contributed by atoms with Gasteiger partial charge in [-0.05, 0) is 12.1 Å². The molecule has 0 fully saturated rings. The Hall–Kier alpha value is -1.80. The highest BCUT2D eigenvalue weighted by molar-refractivity contribution is 7.99. The minimum absolute atomic E-state index is 0.162. The zero-order valence-corrected chi connectivity index (χ0v) is 11.9. The van der Waals surface area contributed by atoms with Crippen molar-refractivity contribution in [2.75, 3.05) is 18.2 Å². The first-order valence-corrected chi connectivity index (χ1v) is 7.17. The predicted octanol–water partition coefficient (Wildman–Crippen LogP) is 1.31. The maximum atomic E-state index is 11.1. The van der Waals surface area contributed by atoms with Crippen LogP contribution >= 0.6 is 23.4 Å². The molecule has 1 N–H and O–H groups in total. The van der Waals surface area contributed by atoms with Crippen LogP contribution in [-0.2, 0) is 9.53 Å². The van der Waals surface area contributed by atoms with E-state index in [1.54, 1.807) is 16.9 Å². The van der Waals surface area contributed by atoms with Gasteiger partial charge in [-0.2, -0.15) is 5.10 Å². The Morgan fingerprint density at radius 2 is 2.30 bits per heavy atom. The van der Waals surface area contributed by atoms with Crippen molar-refractivity contribution in [2.24, 2.45) is 0 Å². The van der Waals surface area contributed by atoms with Gasteiger partial charge >= 0.3 is 6.09 Å². The summed E-state index contributed by atoms with van der Waals surface area (Å²) >= 11 is 6.67. The van der Waals surface area contributed by atoms with Crippen LogP contribution in [0.4, 0.5) is 4.79 Å². The number of imide groups is 1. The Morgan fingerprint density at radius 3 is 3.10 bits per heavy atom. The van der Waals surface area contributed by atoms with Crippen LogP contribution in [0.15, 0.2) is 29.6 Å². The molecule has 106 valence electrons. The Balaban J connectivity index is 1.73. The maximum absolute atomic E-state index is 11.1. The van der Waals surface area contributed by atoms with E-state index in [0.29, 0.717) is 5.75 Å². The Kier molecular flexibility index (Phi) is 5.19. The van der Waals surface area contributed by atoms with Crippen molar-refractivity contribution < 1.29 is 14.3 Å². The number of thioether (sulfide) groups is 1. The number of amides is 2. The van der Waals surface area contributed by atoms with Gasteiger partial charge in [0.25, 0.3) is 0 Å². The Morgan fingerprint density at radius 1 is 1.45 bits per heavy atom. The van der Waals surface area contributed by atoms with E-state index in [2.05, 4.69) is 10.1 Å². The van der Waals surface area contributed by atoms with Crippen molar-refractivity contribution >= 4 is 41.0 Å². The number of ether oxygens (including phenoxy) is 1. The molecule has 2 aromatic heterocycles. The Labute approximate surface area is 123 Å². The highest BCUT2D eigenvalue weighted by Gasteiger charge is 2.07. The highest BCUT2D eigenvalue weighted by Crippen LogP contribution is 2.14. The van der Waals surface area contributed by atoms with Crippen molar-refractivity contribution in [3.05, 3.63) is 24.5 Å². The zero-order chi connectivity index (χ0) is 14.4. The van der Waals surface area contributed by atoms with Gasteiger partial charge in [0, 0.05) is 18.1 Å². The quantitative estimate of drug-likeness (QED) is 0.509. The van der Waals surface area contributed by atoms with Crippen LogP contribution in [0.25, 0.3) is 5.65 Å². The van der Waals surface area contributed by atoms with E-state index in [-0.39, 0.29) is 12.5 Å². The van der Waals surface area contributed by atoms with Gasteiger partial charge in [-0.15, -0.1) is 23.4 Å². The lowest BCUT2D eigenvalue weighted by Gasteiger charge is -2.04. The van der Waals surface area contributed by atoms with Gasteiger partial charge in [0.05, 0.1) is 0 Å². The number of hydrogen-bond donors (Lipinski definition) is 1. The van der Waals surface area contributed by atoms with E-state index in [0.717, 1.165) is 10.7 Å². The lowest BCUT2D eigenvalue weighted by Crippen LogP contribution is -2.32. The molecule has 2 heterocycles. The van der Waals surface area contributed by atoms with E-state index in [1.807, 2.05) is 17.4 Å². The summed E-state index contributed by atoms with van der Waals surface area (Å²) < 4.78 is 6.47. The highest BCUT2D eigenvalue weighted by atomic mass is 35.5. The molecule has 0 aliphatic heterocycles. The molecule has 2 aromatic rings. The van der Waals surface area contributed by atoms with E-state index in [1.165, 1.54) is 11.8 Å². The van der Waals surface area contributed by atoms with Gasteiger partial charge in [0.15, 0.2) is 5.65 Å². The smallest absolute Gasteiger partial charge is 0.413 e. The number of alkyl halides is 1. The number of fused-ring (bicyclic) bond motifs is 1. The average molecular weight is 315 g/mol. The second-order valence-corrected chi connectivity index (χ2v) is 4.95. The molecule has 0 atom stereocenters. The van der Waals surface area contributed by atoms with Crippen LogP contribution in [0.3, 0.4) is 0 Å². The number of carbonyl (C=O) groups is 2. The number of hydrogen-bond acceptors (Lipinski definition) is 6. The van der Waals surface area contributed by atoms with Gasteiger partial charge < -0.3 is 4.74 Å². The van der Waals surface area contributed by atoms with Gasteiger partial charge in [-0.1, -0.05) is 0 Å². The second-order valence-electron chi connectivity index (χ2n) is 3.57. The molecule has 0 radical (unpaired) electrons. The van der Waals surface area contributed by atoms with E-state index >= 15 is 0 Å². The molecular formula is C11H11ClN4O3S. The predicted molar refractivity (Wildman–Crippen MR) is 73.9 cm³/mol. The largest absolute Gasteiger partial charge is 0.448 e. The molecule has 0 aliphatic rings. The lowest BCUT2D eigenvalue weighted by atomic mass is 10.6. The molecule has 20 heavy (non-hydrogen) atoms. The Bertz CT molecular complexity index is 618. The summed E-state index contributed by atoms with van der Waals surface area (Å²) in [5, 5.41) is 7.07. The number of imidazole rings is 1. The van der Waals surface area contributed by atoms with Gasteiger partial charge in [-0.25, -0.2) is 14.3 Å². The number of nitrogens with one attached hydrogen (secondary N) is 1. The molecule has 0 aliphatic carbocycles. The fourth-order valence-electron chi connectivity index (χ4n) is 1.34. The first-order chi connectivity index (χ1) is 9.69. The standard InChI is InChI=1S/C11H11ClN4O3S/c12-7-9(17)14-11(18)19-5-6-20-10-2-1-8-13-3-4-16(8)15-10/h1-4H,5-7H2,(H,14,17,18). The number of halogens is 1. The number of nitrogens with zero attached hydrogens (tertiary/aromatic N) is 3. The summed E-state index contributed by atoms with van der Waals surface area (Å²) in [4.78, 5) is 26.0. The monoisotopic (exact) mass is 314 g/mol. The van der Waals surface area contributed by atoms with Crippen LogP contribution in [-0.4, -0.2) is 44.8 Å². The van der Waals surface area contributed by atoms with Crippen LogP contribution in [0.2, 0.25) is 0 Å². The molecule has 0 unspecified atom stereocenters. The summed E-state index contributed by atoms with van der Waals surface area (Å²) in [7, 11) is 0. The number of alkyl carbamates (subject to hydrolysis) is 1. The molecule has 0 saturated carbocycles. The molecule has 2 rings (SSSR count). The van der Waals surface area contributed by atoms with Crippen LogP contribution in [0.5, 0.6) is 0 Å². The SMILES string of the molecule is O=C(CCl)NC(=O)OCCSc1ccc2nccn2n1. The minimum atomic E-state index is -0.797. The molecule has 0 bridgehead atoms. The topological polar surface area (TPSA) is 85.6 Å². The van der Waals surface area contributed by atoms with E-state index < -0.39 is 12.0 Å². The second kappa shape index (κ2) is 7.11. The van der Waals surface area contributed by atoms with Gasteiger partial charge in [-0.3, -0.25) is 10.1 Å². The number of aromatic nitrogens is 3. The van der Waals surface area contributed by atoms with Crippen molar-refractivity contribution in [2.45, 2.75) is 5.03 Å².